The first kappa shape index (κ1) is 21.6. The second-order valence-electron chi connectivity index (χ2n) is 5.65. The van der Waals surface area contributed by atoms with Crippen molar-refractivity contribution in [3.63, 3.8) is 0 Å². The molecule has 0 atom stereocenters. The third kappa shape index (κ3) is 5.39. The second kappa shape index (κ2) is 9.98. The minimum Gasteiger partial charge on any atom is -0.494 e. The number of anilines is 1. The first-order valence-corrected chi connectivity index (χ1v) is 10.5. The van der Waals surface area contributed by atoms with Crippen molar-refractivity contribution < 1.29 is 27.4 Å². The monoisotopic (exact) mass is 407 g/mol. The predicted molar refractivity (Wildman–Crippen MR) is 106 cm³/mol. The molecule has 0 spiro atoms. The molecule has 0 radical (unpaired) electrons. The van der Waals surface area contributed by atoms with Crippen LogP contribution in [0.3, 0.4) is 0 Å². The molecule has 0 aliphatic heterocycles. The van der Waals surface area contributed by atoms with Gasteiger partial charge in [0.25, 0.3) is 10.0 Å². The zero-order chi connectivity index (χ0) is 20.6. The number of sulfonamides is 1. The highest BCUT2D eigenvalue weighted by atomic mass is 32.2. The zero-order valence-corrected chi connectivity index (χ0v) is 17.1. The number of rotatable bonds is 10. The van der Waals surface area contributed by atoms with Gasteiger partial charge in [0.15, 0.2) is 0 Å². The van der Waals surface area contributed by atoms with Crippen LogP contribution in [-0.4, -0.2) is 40.8 Å². The number of nitrogens with zero attached hydrogens (tertiary/aromatic N) is 1. The van der Waals surface area contributed by atoms with Crippen molar-refractivity contribution in [1.82, 2.24) is 0 Å². The Morgan fingerprint density at radius 2 is 1.54 bits per heavy atom. The molecule has 0 unspecified atom stereocenters. The molecule has 0 heterocycles. The Kier molecular flexibility index (Phi) is 7.69. The van der Waals surface area contributed by atoms with E-state index in [2.05, 4.69) is 0 Å². The van der Waals surface area contributed by atoms with E-state index < -0.39 is 22.5 Å². The van der Waals surface area contributed by atoms with Crippen molar-refractivity contribution >= 4 is 21.7 Å². The van der Waals surface area contributed by atoms with Crippen LogP contribution in [0.4, 0.5) is 5.69 Å². The summed E-state index contributed by atoms with van der Waals surface area (Å²) in [6, 6.07) is 12.6. The lowest BCUT2D eigenvalue weighted by Gasteiger charge is -2.24. The van der Waals surface area contributed by atoms with Crippen LogP contribution < -0.4 is 13.8 Å². The molecule has 0 N–H and O–H groups in total. The highest BCUT2D eigenvalue weighted by molar-refractivity contribution is 7.92. The molecule has 0 aromatic heterocycles. The Morgan fingerprint density at radius 3 is 2.14 bits per heavy atom. The molecule has 28 heavy (non-hydrogen) atoms. The summed E-state index contributed by atoms with van der Waals surface area (Å²) in [4.78, 5) is 12.1. The van der Waals surface area contributed by atoms with E-state index in [1.165, 1.54) is 12.1 Å². The molecule has 0 fully saturated rings. The fraction of sp³-hybridized carbons (Fsp3) is 0.350. The van der Waals surface area contributed by atoms with Gasteiger partial charge in [-0.05, 0) is 57.2 Å². The molecular formula is C20H25NO6S. The molecule has 152 valence electrons. The van der Waals surface area contributed by atoms with Crippen LogP contribution in [-0.2, 0) is 19.6 Å². The quantitative estimate of drug-likeness (QED) is 0.563. The first-order chi connectivity index (χ1) is 13.4. The van der Waals surface area contributed by atoms with E-state index in [1.54, 1.807) is 43.3 Å². The SMILES string of the molecule is CCOC(=O)CN(c1cccc(OCC)c1)S(=O)(=O)c1ccc(OCC)cc1. The van der Waals surface area contributed by atoms with Crippen LogP contribution in [0.5, 0.6) is 11.5 Å². The van der Waals surface area contributed by atoms with Crippen LogP contribution in [0, 0.1) is 0 Å². The molecule has 0 aliphatic rings. The Labute approximate surface area is 165 Å². The van der Waals surface area contributed by atoms with E-state index in [4.69, 9.17) is 14.2 Å². The van der Waals surface area contributed by atoms with Crippen molar-refractivity contribution in [2.45, 2.75) is 25.7 Å². The van der Waals surface area contributed by atoms with Gasteiger partial charge in [0, 0.05) is 6.07 Å². The summed E-state index contributed by atoms with van der Waals surface area (Å²) < 4.78 is 43.3. The molecule has 0 amide bonds. The van der Waals surface area contributed by atoms with E-state index >= 15 is 0 Å². The van der Waals surface area contributed by atoms with Crippen molar-refractivity contribution in [2.75, 3.05) is 30.7 Å². The van der Waals surface area contributed by atoms with Crippen molar-refractivity contribution in [3.05, 3.63) is 48.5 Å². The predicted octanol–water partition coefficient (Wildman–Crippen LogP) is 3.24. The summed E-state index contributed by atoms with van der Waals surface area (Å²) in [6.07, 6.45) is 0. The van der Waals surface area contributed by atoms with Gasteiger partial charge in [-0.25, -0.2) is 8.42 Å². The molecule has 2 aromatic carbocycles. The minimum atomic E-state index is -4.01. The highest BCUT2D eigenvalue weighted by Crippen LogP contribution is 2.28. The Hall–Kier alpha value is -2.74. The molecular weight excluding hydrogens is 382 g/mol. The van der Waals surface area contributed by atoms with Crippen molar-refractivity contribution in [2.24, 2.45) is 0 Å². The van der Waals surface area contributed by atoms with E-state index in [0.717, 1.165) is 4.31 Å². The summed E-state index contributed by atoms with van der Waals surface area (Å²) in [5, 5.41) is 0. The number of hydrogen-bond donors (Lipinski definition) is 0. The average Bonchev–Trinajstić information content (AvgIpc) is 2.67. The van der Waals surface area contributed by atoms with Gasteiger partial charge in [0.1, 0.15) is 18.0 Å². The van der Waals surface area contributed by atoms with E-state index in [0.29, 0.717) is 30.4 Å². The van der Waals surface area contributed by atoms with Gasteiger partial charge in [-0.15, -0.1) is 0 Å². The fourth-order valence-electron chi connectivity index (χ4n) is 2.54. The number of benzene rings is 2. The van der Waals surface area contributed by atoms with Gasteiger partial charge in [0.05, 0.1) is 30.4 Å². The number of hydrogen-bond acceptors (Lipinski definition) is 6. The number of ether oxygens (including phenoxy) is 3. The smallest absolute Gasteiger partial charge is 0.326 e. The van der Waals surface area contributed by atoms with Gasteiger partial charge in [0.2, 0.25) is 0 Å². The molecule has 8 heteroatoms. The first-order valence-electron chi connectivity index (χ1n) is 9.06. The summed E-state index contributed by atoms with van der Waals surface area (Å²) in [5.41, 5.74) is 0.313. The summed E-state index contributed by atoms with van der Waals surface area (Å²) >= 11 is 0. The normalized spacial score (nSPS) is 11.0. The molecule has 7 nitrogen and oxygen atoms in total. The van der Waals surface area contributed by atoms with Gasteiger partial charge >= 0.3 is 5.97 Å². The van der Waals surface area contributed by atoms with E-state index in [-0.39, 0.29) is 11.5 Å². The van der Waals surface area contributed by atoms with Crippen molar-refractivity contribution in [1.29, 1.82) is 0 Å². The third-order valence-electron chi connectivity index (χ3n) is 3.72. The van der Waals surface area contributed by atoms with Gasteiger partial charge in [-0.2, -0.15) is 0 Å². The summed E-state index contributed by atoms with van der Waals surface area (Å²) in [6.45, 7) is 5.97. The summed E-state index contributed by atoms with van der Waals surface area (Å²) in [7, 11) is -4.01. The van der Waals surface area contributed by atoms with Crippen LogP contribution >= 0.6 is 0 Å². The molecule has 2 aromatic rings. The van der Waals surface area contributed by atoms with Gasteiger partial charge in [-0.3, -0.25) is 9.10 Å². The standard InChI is InChI=1S/C20H25NO6S/c1-4-25-17-10-12-19(13-11-17)28(23,24)21(15-20(22)27-6-3)16-8-7-9-18(14-16)26-5-2/h7-14H,4-6,15H2,1-3H3. The third-order valence-corrected chi connectivity index (χ3v) is 5.51. The molecule has 2 rings (SSSR count). The highest BCUT2D eigenvalue weighted by Gasteiger charge is 2.28. The van der Waals surface area contributed by atoms with Crippen LogP contribution in [0.15, 0.2) is 53.4 Å². The van der Waals surface area contributed by atoms with Crippen LogP contribution in [0.2, 0.25) is 0 Å². The zero-order valence-electron chi connectivity index (χ0n) is 16.3. The van der Waals surface area contributed by atoms with Crippen molar-refractivity contribution in [3.8, 4) is 11.5 Å². The maximum Gasteiger partial charge on any atom is 0.326 e. The number of esters is 1. The van der Waals surface area contributed by atoms with Gasteiger partial charge < -0.3 is 14.2 Å². The fourth-order valence-corrected chi connectivity index (χ4v) is 3.94. The van der Waals surface area contributed by atoms with Crippen LogP contribution in [0.1, 0.15) is 20.8 Å². The number of carbonyl (C=O) groups is 1. The lowest BCUT2D eigenvalue weighted by atomic mass is 10.3. The lowest BCUT2D eigenvalue weighted by molar-refractivity contribution is -0.141. The summed E-state index contributed by atoms with van der Waals surface area (Å²) in [5.74, 6) is 0.436. The maximum atomic E-state index is 13.2. The maximum absolute atomic E-state index is 13.2. The molecule has 0 aliphatic carbocycles. The Morgan fingerprint density at radius 1 is 0.893 bits per heavy atom. The number of carbonyl (C=O) groups excluding carboxylic acids is 1. The Balaban J connectivity index is 2.44. The largest absolute Gasteiger partial charge is 0.494 e. The average molecular weight is 407 g/mol. The van der Waals surface area contributed by atoms with E-state index in [1.807, 2.05) is 13.8 Å². The molecule has 0 bridgehead atoms. The second-order valence-corrected chi connectivity index (χ2v) is 7.51. The molecule has 0 saturated carbocycles. The molecule has 0 saturated heterocycles. The topological polar surface area (TPSA) is 82.1 Å². The Bertz CT molecular complexity index is 880. The van der Waals surface area contributed by atoms with E-state index in [9.17, 15) is 13.2 Å². The minimum absolute atomic E-state index is 0.0436. The van der Waals surface area contributed by atoms with Gasteiger partial charge in [-0.1, -0.05) is 6.07 Å². The van der Waals surface area contributed by atoms with Crippen LogP contribution in [0.25, 0.3) is 0 Å². The lowest BCUT2D eigenvalue weighted by Crippen LogP contribution is -2.36.